The summed E-state index contributed by atoms with van der Waals surface area (Å²) in [5, 5.41) is 5.83. The van der Waals surface area contributed by atoms with Crippen molar-refractivity contribution in [2.45, 2.75) is 38.0 Å². The van der Waals surface area contributed by atoms with Crippen LogP contribution in [-0.4, -0.2) is 53.3 Å². The van der Waals surface area contributed by atoms with E-state index in [1.807, 2.05) is 30.3 Å². The van der Waals surface area contributed by atoms with E-state index >= 15 is 0 Å². The zero-order valence-electron chi connectivity index (χ0n) is 19.1. The third-order valence-electron chi connectivity index (χ3n) is 6.37. The van der Waals surface area contributed by atoms with Crippen LogP contribution in [0.15, 0.2) is 54.6 Å². The molecule has 2 aliphatic rings. The largest absolute Gasteiger partial charge is 0.416 e. The molecule has 2 aliphatic heterocycles. The normalized spacial score (nSPS) is 19.1. The number of anilines is 1. The van der Waals surface area contributed by atoms with Gasteiger partial charge in [0.05, 0.1) is 11.5 Å². The van der Waals surface area contributed by atoms with Gasteiger partial charge in [-0.05, 0) is 42.7 Å². The van der Waals surface area contributed by atoms with Crippen molar-refractivity contribution >= 4 is 23.5 Å². The SMILES string of the molecule is O=C(NC1CCN(C(=O)Nc2ccccc2)CC1)C1CC(=O)N(Cc2cccc(C(F)(F)F)c2)C1. The molecule has 4 rings (SSSR count). The van der Waals surface area contributed by atoms with Crippen molar-refractivity contribution in [1.29, 1.82) is 0 Å². The number of urea groups is 1. The minimum atomic E-state index is -4.45. The van der Waals surface area contributed by atoms with Crippen LogP contribution in [0.5, 0.6) is 0 Å². The number of likely N-dealkylation sites (tertiary alicyclic amines) is 2. The van der Waals surface area contributed by atoms with E-state index in [9.17, 15) is 27.6 Å². The number of piperidine rings is 1. The summed E-state index contributed by atoms with van der Waals surface area (Å²) in [6, 6.07) is 13.7. The first-order chi connectivity index (χ1) is 16.7. The molecule has 0 saturated carbocycles. The van der Waals surface area contributed by atoms with Gasteiger partial charge in [0.15, 0.2) is 0 Å². The molecule has 0 radical (unpaired) electrons. The number of carbonyl (C=O) groups is 3. The number of para-hydroxylation sites is 1. The van der Waals surface area contributed by atoms with Gasteiger partial charge in [0.2, 0.25) is 11.8 Å². The molecular formula is C25H27F3N4O3. The van der Waals surface area contributed by atoms with E-state index in [1.54, 1.807) is 4.90 Å². The first-order valence-electron chi connectivity index (χ1n) is 11.5. The van der Waals surface area contributed by atoms with Crippen LogP contribution in [0.1, 0.15) is 30.4 Å². The third kappa shape index (κ3) is 6.32. The van der Waals surface area contributed by atoms with Crippen molar-refractivity contribution in [3.8, 4) is 0 Å². The maximum atomic E-state index is 13.0. The van der Waals surface area contributed by atoms with Crippen molar-refractivity contribution in [3.05, 3.63) is 65.7 Å². The fraction of sp³-hybridized carbons (Fsp3) is 0.400. The molecule has 0 aromatic heterocycles. The Bertz CT molecular complexity index is 1070. The average Bonchev–Trinajstić information content (AvgIpc) is 3.20. The Morgan fingerprint density at radius 3 is 2.40 bits per heavy atom. The van der Waals surface area contributed by atoms with E-state index in [0.29, 0.717) is 37.2 Å². The number of rotatable bonds is 5. The van der Waals surface area contributed by atoms with E-state index in [2.05, 4.69) is 10.6 Å². The molecule has 2 aromatic rings. The Morgan fingerprint density at radius 2 is 1.71 bits per heavy atom. The molecule has 4 amide bonds. The molecule has 0 spiro atoms. The lowest BCUT2D eigenvalue weighted by Gasteiger charge is -2.32. The zero-order chi connectivity index (χ0) is 25.0. The fourth-order valence-electron chi connectivity index (χ4n) is 4.44. The summed E-state index contributed by atoms with van der Waals surface area (Å²) >= 11 is 0. The molecule has 1 atom stereocenters. The van der Waals surface area contributed by atoms with Crippen LogP contribution < -0.4 is 10.6 Å². The third-order valence-corrected chi connectivity index (χ3v) is 6.37. The summed E-state index contributed by atoms with van der Waals surface area (Å²) in [4.78, 5) is 40.7. The number of alkyl halides is 3. The lowest BCUT2D eigenvalue weighted by atomic mass is 10.0. The molecule has 1 unspecified atom stereocenters. The van der Waals surface area contributed by atoms with Gasteiger partial charge in [0, 0.05) is 44.3 Å². The molecule has 0 aliphatic carbocycles. The number of hydrogen-bond acceptors (Lipinski definition) is 3. The van der Waals surface area contributed by atoms with Gasteiger partial charge in [-0.2, -0.15) is 13.2 Å². The molecule has 7 nitrogen and oxygen atoms in total. The van der Waals surface area contributed by atoms with E-state index in [1.165, 1.54) is 17.0 Å². The summed E-state index contributed by atoms with van der Waals surface area (Å²) in [6.45, 7) is 1.18. The average molecular weight is 489 g/mol. The van der Waals surface area contributed by atoms with Crippen LogP contribution in [0.2, 0.25) is 0 Å². The molecule has 10 heteroatoms. The van der Waals surface area contributed by atoms with Crippen LogP contribution >= 0.6 is 0 Å². The van der Waals surface area contributed by atoms with Gasteiger partial charge in [-0.25, -0.2) is 4.79 Å². The van der Waals surface area contributed by atoms with Gasteiger partial charge in [-0.1, -0.05) is 30.3 Å². The van der Waals surface area contributed by atoms with Crippen LogP contribution in [0, 0.1) is 5.92 Å². The summed E-state index contributed by atoms with van der Waals surface area (Å²) < 4.78 is 38.9. The predicted molar refractivity (Wildman–Crippen MR) is 123 cm³/mol. The van der Waals surface area contributed by atoms with Crippen molar-refractivity contribution < 1.29 is 27.6 Å². The molecule has 2 N–H and O–H groups in total. The van der Waals surface area contributed by atoms with Gasteiger partial charge in [0.1, 0.15) is 0 Å². The summed E-state index contributed by atoms with van der Waals surface area (Å²) in [7, 11) is 0. The van der Waals surface area contributed by atoms with Gasteiger partial charge < -0.3 is 20.4 Å². The Morgan fingerprint density at radius 1 is 1.00 bits per heavy atom. The summed E-state index contributed by atoms with van der Waals surface area (Å²) in [6.07, 6.45) is -3.22. The number of benzene rings is 2. The minimum absolute atomic E-state index is 0.0292. The Hall–Kier alpha value is -3.56. The van der Waals surface area contributed by atoms with E-state index in [0.717, 1.165) is 12.1 Å². The summed E-state index contributed by atoms with van der Waals surface area (Å²) in [5.74, 6) is -1.04. The Balaban J connectivity index is 1.24. The number of nitrogens with one attached hydrogen (secondary N) is 2. The topological polar surface area (TPSA) is 81.8 Å². The maximum absolute atomic E-state index is 13.0. The lowest BCUT2D eigenvalue weighted by Crippen LogP contribution is -2.49. The number of carbonyl (C=O) groups excluding carboxylic acids is 3. The van der Waals surface area contributed by atoms with Crippen molar-refractivity contribution in [2.75, 3.05) is 25.0 Å². The number of halogens is 3. The molecule has 0 bridgehead atoms. The van der Waals surface area contributed by atoms with Crippen molar-refractivity contribution in [3.63, 3.8) is 0 Å². The second kappa shape index (κ2) is 10.4. The van der Waals surface area contributed by atoms with Gasteiger partial charge >= 0.3 is 12.2 Å². The molecular weight excluding hydrogens is 461 g/mol. The summed E-state index contributed by atoms with van der Waals surface area (Å²) in [5.41, 5.74) is 0.323. The van der Waals surface area contributed by atoms with E-state index in [-0.39, 0.29) is 43.4 Å². The molecule has 2 fully saturated rings. The number of hydrogen-bond donors (Lipinski definition) is 2. The zero-order valence-corrected chi connectivity index (χ0v) is 19.1. The number of amides is 4. The van der Waals surface area contributed by atoms with Gasteiger partial charge in [0.25, 0.3) is 0 Å². The Labute approximate surface area is 201 Å². The molecule has 186 valence electrons. The van der Waals surface area contributed by atoms with Crippen LogP contribution in [0.3, 0.4) is 0 Å². The molecule has 2 aromatic carbocycles. The molecule has 2 heterocycles. The minimum Gasteiger partial charge on any atom is -0.353 e. The van der Waals surface area contributed by atoms with Crippen LogP contribution in [-0.2, 0) is 22.3 Å². The standard InChI is InChI=1S/C25H27F3N4O3/c26-25(27,28)19-6-4-5-17(13-19)15-32-16-18(14-22(32)33)23(34)29-21-9-11-31(12-10-21)24(35)30-20-7-2-1-3-8-20/h1-8,13,18,21H,9-12,14-16H2,(H,29,34)(H,30,35). The quantitative estimate of drug-likeness (QED) is 0.671. The van der Waals surface area contributed by atoms with Gasteiger partial charge in [-0.3, -0.25) is 9.59 Å². The highest BCUT2D eigenvalue weighted by atomic mass is 19.4. The predicted octanol–water partition coefficient (Wildman–Crippen LogP) is 3.87. The molecule has 35 heavy (non-hydrogen) atoms. The van der Waals surface area contributed by atoms with E-state index in [4.69, 9.17) is 0 Å². The van der Waals surface area contributed by atoms with Crippen molar-refractivity contribution in [1.82, 2.24) is 15.1 Å². The first-order valence-corrected chi connectivity index (χ1v) is 11.5. The Kier molecular flexibility index (Phi) is 7.28. The highest BCUT2D eigenvalue weighted by Crippen LogP contribution is 2.30. The highest BCUT2D eigenvalue weighted by Gasteiger charge is 2.36. The fourth-order valence-corrected chi connectivity index (χ4v) is 4.44. The second-order valence-electron chi connectivity index (χ2n) is 8.94. The smallest absolute Gasteiger partial charge is 0.353 e. The van der Waals surface area contributed by atoms with Crippen molar-refractivity contribution in [2.24, 2.45) is 5.92 Å². The van der Waals surface area contributed by atoms with Crippen LogP contribution in [0.25, 0.3) is 0 Å². The maximum Gasteiger partial charge on any atom is 0.416 e. The first kappa shape index (κ1) is 24.6. The second-order valence-corrected chi connectivity index (χ2v) is 8.94. The highest BCUT2D eigenvalue weighted by molar-refractivity contribution is 5.90. The number of nitrogens with zero attached hydrogens (tertiary/aromatic N) is 2. The lowest BCUT2D eigenvalue weighted by molar-refractivity contribution is -0.137. The monoisotopic (exact) mass is 488 g/mol. The van der Waals surface area contributed by atoms with Gasteiger partial charge in [-0.15, -0.1) is 0 Å². The van der Waals surface area contributed by atoms with Crippen LogP contribution in [0.4, 0.5) is 23.7 Å². The molecule has 2 saturated heterocycles. The van der Waals surface area contributed by atoms with E-state index < -0.39 is 17.7 Å².